The number of aromatic nitrogens is 1. The number of fused-ring (bicyclic) bond motifs is 1. The molecular weight excluding hydrogens is 438 g/mol. The SMILES string of the molecule is CCc1ccc(Oc2nc3ccc(OC)cc3s2)cc1C1C(=O)CC2(CCOCC2)CC1=O. The van der Waals surface area contributed by atoms with Gasteiger partial charge in [0.1, 0.15) is 29.0 Å². The average molecular weight is 466 g/mol. The van der Waals surface area contributed by atoms with Crippen molar-refractivity contribution in [1.82, 2.24) is 4.98 Å². The molecule has 0 amide bonds. The van der Waals surface area contributed by atoms with E-state index in [2.05, 4.69) is 4.98 Å². The number of ketones is 2. The number of hydrogen-bond donors (Lipinski definition) is 0. The molecule has 5 rings (SSSR count). The molecule has 0 N–H and O–H groups in total. The quantitative estimate of drug-likeness (QED) is 0.465. The van der Waals surface area contributed by atoms with E-state index >= 15 is 0 Å². The zero-order valence-corrected chi connectivity index (χ0v) is 19.7. The lowest BCUT2D eigenvalue weighted by Crippen LogP contribution is -2.42. The minimum atomic E-state index is -0.711. The van der Waals surface area contributed by atoms with Gasteiger partial charge in [0.15, 0.2) is 0 Å². The number of carbonyl (C=O) groups excluding carboxylic acids is 2. The lowest BCUT2D eigenvalue weighted by molar-refractivity contribution is -0.139. The van der Waals surface area contributed by atoms with Gasteiger partial charge in [-0.25, -0.2) is 4.98 Å². The Morgan fingerprint density at radius 2 is 1.79 bits per heavy atom. The molecule has 1 saturated heterocycles. The van der Waals surface area contributed by atoms with Crippen molar-refractivity contribution in [3.8, 4) is 16.7 Å². The van der Waals surface area contributed by atoms with E-state index in [1.54, 1.807) is 7.11 Å². The normalized spacial score (nSPS) is 18.7. The summed E-state index contributed by atoms with van der Waals surface area (Å²) in [4.78, 5) is 31.1. The number of aryl methyl sites for hydroxylation is 1. The molecule has 33 heavy (non-hydrogen) atoms. The van der Waals surface area contributed by atoms with E-state index in [1.165, 1.54) is 11.3 Å². The number of ether oxygens (including phenoxy) is 3. The first-order valence-corrected chi connectivity index (χ1v) is 12.2. The van der Waals surface area contributed by atoms with E-state index in [4.69, 9.17) is 14.2 Å². The zero-order chi connectivity index (χ0) is 23.0. The van der Waals surface area contributed by atoms with Gasteiger partial charge in [-0.1, -0.05) is 24.3 Å². The van der Waals surface area contributed by atoms with Crippen molar-refractivity contribution < 1.29 is 23.8 Å². The van der Waals surface area contributed by atoms with Gasteiger partial charge in [-0.3, -0.25) is 9.59 Å². The third-order valence-corrected chi connectivity index (χ3v) is 7.78. The minimum Gasteiger partial charge on any atom is -0.497 e. The molecule has 2 heterocycles. The van der Waals surface area contributed by atoms with Crippen molar-refractivity contribution >= 4 is 33.1 Å². The fourth-order valence-electron chi connectivity index (χ4n) is 5.07. The maximum Gasteiger partial charge on any atom is 0.279 e. The molecule has 0 unspecified atom stereocenters. The Bertz CT molecular complexity index is 1190. The zero-order valence-electron chi connectivity index (χ0n) is 18.9. The van der Waals surface area contributed by atoms with E-state index in [0.29, 0.717) is 37.0 Å². The first-order valence-electron chi connectivity index (χ1n) is 11.4. The molecule has 1 aliphatic carbocycles. The Hall–Kier alpha value is -2.77. The summed E-state index contributed by atoms with van der Waals surface area (Å²) in [6.07, 6.45) is 3.20. The Balaban J connectivity index is 1.43. The highest BCUT2D eigenvalue weighted by atomic mass is 32.1. The van der Waals surface area contributed by atoms with Crippen LogP contribution in [-0.4, -0.2) is 36.9 Å². The predicted octanol–water partition coefficient (Wildman–Crippen LogP) is 5.47. The lowest BCUT2D eigenvalue weighted by atomic mass is 9.63. The summed E-state index contributed by atoms with van der Waals surface area (Å²) in [6, 6.07) is 11.4. The number of hydrogen-bond acceptors (Lipinski definition) is 7. The highest BCUT2D eigenvalue weighted by Crippen LogP contribution is 2.46. The summed E-state index contributed by atoms with van der Waals surface area (Å²) in [5.41, 5.74) is 2.40. The Morgan fingerprint density at radius 1 is 1.06 bits per heavy atom. The van der Waals surface area contributed by atoms with Crippen molar-refractivity contribution in [2.75, 3.05) is 20.3 Å². The molecule has 6 nitrogen and oxygen atoms in total. The first-order chi connectivity index (χ1) is 16.0. The second-order valence-electron chi connectivity index (χ2n) is 8.96. The maximum atomic E-state index is 13.3. The topological polar surface area (TPSA) is 74.7 Å². The second kappa shape index (κ2) is 8.88. The molecule has 1 aliphatic heterocycles. The number of nitrogens with zero attached hydrogens (tertiary/aromatic N) is 1. The molecule has 2 aromatic carbocycles. The molecule has 2 aliphatic rings. The average Bonchev–Trinajstić information content (AvgIpc) is 3.20. The van der Waals surface area contributed by atoms with Crippen molar-refractivity contribution in [3.63, 3.8) is 0 Å². The molecule has 0 radical (unpaired) electrons. The summed E-state index contributed by atoms with van der Waals surface area (Å²) < 4.78 is 17.8. The van der Waals surface area contributed by atoms with Gasteiger partial charge >= 0.3 is 0 Å². The van der Waals surface area contributed by atoms with Gasteiger partial charge in [-0.2, -0.15) is 0 Å². The van der Waals surface area contributed by atoms with Crippen LogP contribution in [0.15, 0.2) is 36.4 Å². The standard InChI is InChI=1S/C26H27NO5S/c1-3-16-4-5-18(32-25-27-20-7-6-17(30-2)13-23(20)33-25)12-19(16)24-21(28)14-26(15-22(24)29)8-10-31-11-9-26/h4-7,12-13,24H,3,8-11,14-15H2,1-2H3. The van der Waals surface area contributed by atoms with Gasteiger partial charge in [0.05, 0.1) is 17.3 Å². The van der Waals surface area contributed by atoms with Crippen LogP contribution < -0.4 is 9.47 Å². The molecule has 3 aromatic rings. The van der Waals surface area contributed by atoms with E-state index in [0.717, 1.165) is 46.4 Å². The van der Waals surface area contributed by atoms with Gasteiger partial charge in [0, 0.05) is 26.1 Å². The van der Waals surface area contributed by atoms with E-state index in [1.807, 2.05) is 43.3 Å². The molecule has 2 fully saturated rings. The number of methoxy groups -OCH3 is 1. The Labute approximate surface area is 196 Å². The van der Waals surface area contributed by atoms with Crippen LogP contribution in [0.2, 0.25) is 0 Å². The summed E-state index contributed by atoms with van der Waals surface area (Å²) in [5.74, 6) is 0.680. The first kappa shape index (κ1) is 22.0. The molecule has 172 valence electrons. The molecule has 1 saturated carbocycles. The highest BCUT2D eigenvalue weighted by Gasteiger charge is 2.46. The van der Waals surface area contributed by atoms with Crippen molar-refractivity contribution in [2.24, 2.45) is 5.41 Å². The number of rotatable bonds is 5. The van der Waals surface area contributed by atoms with Gasteiger partial charge < -0.3 is 14.2 Å². The lowest BCUT2D eigenvalue weighted by Gasteiger charge is -2.41. The van der Waals surface area contributed by atoms with Crippen LogP contribution in [0.25, 0.3) is 10.2 Å². The monoisotopic (exact) mass is 465 g/mol. The van der Waals surface area contributed by atoms with Crippen LogP contribution in [0, 0.1) is 5.41 Å². The molecule has 0 bridgehead atoms. The van der Waals surface area contributed by atoms with Crippen LogP contribution in [0.1, 0.15) is 49.7 Å². The minimum absolute atomic E-state index is 0.0204. The van der Waals surface area contributed by atoms with Gasteiger partial charge in [-0.05, 0) is 66.1 Å². The fraction of sp³-hybridized carbons (Fsp3) is 0.423. The van der Waals surface area contributed by atoms with Crippen LogP contribution in [0.3, 0.4) is 0 Å². The van der Waals surface area contributed by atoms with Crippen molar-refractivity contribution in [3.05, 3.63) is 47.5 Å². The summed E-state index contributed by atoms with van der Waals surface area (Å²) in [7, 11) is 1.63. The second-order valence-corrected chi connectivity index (χ2v) is 9.95. The van der Waals surface area contributed by atoms with Gasteiger partial charge in [0.25, 0.3) is 5.19 Å². The Morgan fingerprint density at radius 3 is 2.48 bits per heavy atom. The largest absolute Gasteiger partial charge is 0.497 e. The van der Waals surface area contributed by atoms with E-state index in [9.17, 15) is 9.59 Å². The number of benzene rings is 2. The van der Waals surface area contributed by atoms with Crippen LogP contribution >= 0.6 is 11.3 Å². The third kappa shape index (κ3) is 4.27. The van der Waals surface area contributed by atoms with E-state index in [-0.39, 0.29) is 17.0 Å². The smallest absolute Gasteiger partial charge is 0.279 e. The van der Waals surface area contributed by atoms with Gasteiger partial charge in [-0.15, -0.1) is 0 Å². The van der Waals surface area contributed by atoms with Crippen LogP contribution in [-0.2, 0) is 20.7 Å². The van der Waals surface area contributed by atoms with Crippen molar-refractivity contribution in [1.29, 1.82) is 0 Å². The summed E-state index contributed by atoms with van der Waals surface area (Å²) >= 11 is 1.43. The number of Topliss-reactive ketones (excluding diaryl/α,β-unsaturated/α-hetero) is 2. The summed E-state index contributed by atoms with van der Waals surface area (Å²) in [5, 5.41) is 0.510. The van der Waals surface area contributed by atoms with Crippen molar-refractivity contribution in [2.45, 2.75) is 44.9 Å². The fourth-order valence-corrected chi connectivity index (χ4v) is 5.94. The molecule has 1 spiro atoms. The molecule has 7 heteroatoms. The predicted molar refractivity (Wildman–Crippen MR) is 127 cm³/mol. The van der Waals surface area contributed by atoms with Crippen LogP contribution in [0.4, 0.5) is 0 Å². The molecule has 0 atom stereocenters. The van der Waals surface area contributed by atoms with E-state index < -0.39 is 5.92 Å². The Kier molecular flexibility index (Phi) is 5.93. The molecular formula is C26H27NO5S. The third-order valence-electron chi connectivity index (χ3n) is 6.89. The van der Waals surface area contributed by atoms with Crippen LogP contribution in [0.5, 0.6) is 16.7 Å². The maximum absolute atomic E-state index is 13.3. The number of carbonyl (C=O) groups is 2. The number of thiazole rings is 1. The highest BCUT2D eigenvalue weighted by molar-refractivity contribution is 7.20. The van der Waals surface area contributed by atoms with Gasteiger partial charge in [0.2, 0.25) is 0 Å². The molecule has 1 aromatic heterocycles. The summed E-state index contributed by atoms with van der Waals surface area (Å²) in [6.45, 7) is 3.30.